The van der Waals surface area contributed by atoms with Crippen LogP contribution in [0.15, 0.2) is 18.2 Å². The molecule has 31 heavy (non-hydrogen) atoms. The van der Waals surface area contributed by atoms with Gasteiger partial charge in [-0.1, -0.05) is 11.3 Å². The van der Waals surface area contributed by atoms with Crippen molar-refractivity contribution in [1.82, 2.24) is 19.7 Å². The Morgan fingerprint density at radius 2 is 1.87 bits per heavy atom. The van der Waals surface area contributed by atoms with Gasteiger partial charge in [0.25, 0.3) is 5.91 Å². The van der Waals surface area contributed by atoms with Crippen molar-refractivity contribution in [3.05, 3.63) is 40.7 Å². The van der Waals surface area contributed by atoms with Gasteiger partial charge in [-0.05, 0) is 63.9 Å². The van der Waals surface area contributed by atoms with Crippen molar-refractivity contribution in [1.29, 1.82) is 0 Å². The minimum atomic E-state index is -0.0462. The molecule has 4 rings (SSSR count). The predicted molar refractivity (Wildman–Crippen MR) is 125 cm³/mol. The van der Waals surface area contributed by atoms with Crippen molar-refractivity contribution in [2.24, 2.45) is 0 Å². The van der Waals surface area contributed by atoms with Gasteiger partial charge in [0.15, 0.2) is 5.13 Å². The molecule has 3 heterocycles. The van der Waals surface area contributed by atoms with Crippen LogP contribution in [0.4, 0.5) is 5.13 Å². The van der Waals surface area contributed by atoms with Crippen LogP contribution in [0.3, 0.4) is 0 Å². The first-order valence-corrected chi connectivity index (χ1v) is 11.7. The molecule has 1 amide bonds. The highest BCUT2D eigenvalue weighted by Crippen LogP contribution is 2.32. The number of thiazole rings is 1. The van der Waals surface area contributed by atoms with Gasteiger partial charge in [0.2, 0.25) is 0 Å². The van der Waals surface area contributed by atoms with Crippen LogP contribution in [0.2, 0.25) is 0 Å². The second-order valence-electron chi connectivity index (χ2n) is 8.52. The molecule has 1 aliphatic heterocycles. The molecular formula is C23H31N5O2S. The number of aryl methyl sites for hydroxylation is 3. The largest absolute Gasteiger partial charge is 0.379 e. The first kappa shape index (κ1) is 21.9. The van der Waals surface area contributed by atoms with E-state index in [9.17, 15) is 4.79 Å². The zero-order valence-electron chi connectivity index (χ0n) is 19.0. The summed E-state index contributed by atoms with van der Waals surface area (Å²) in [6.07, 6.45) is 0. The zero-order chi connectivity index (χ0) is 22.1. The summed E-state index contributed by atoms with van der Waals surface area (Å²) in [6, 6.07) is 6.26. The molecule has 0 bridgehead atoms. The summed E-state index contributed by atoms with van der Waals surface area (Å²) in [6.45, 7) is 14.9. The van der Waals surface area contributed by atoms with E-state index in [4.69, 9.17) is 9.72 Å². The molecule has 0 atom stereocenters. The van der Waals surface area contributed by atoms with Gasteiger partial charge in [0, 0.05) is 32.2 Å². The van der Waals surface area contributed by atoms with Crippen LogP contribution in [-0.4, -0.2) is 65.0 Å². The molecule has 0 N–H and O–H groups in total. The third-order valence-electron chi connectivity index (χ3n) is 5.78. The number of hydrogen-bond acceptors (Lipinski definition) is 6. The number of anilines is 1. The summed E-state index contributed by atoms with van der Waals surface area (Å²) in [5.74, 6) is -0.0462. The Hall–Kier alpha value is -2.29. The predicted octanol–water partition coefficient (Wildman–Crippen LogP) is 3.98. The average molecular weight is 442 g/mol. The fourth-order valence-corrected chi connectivity index (χ4v) is 4.91. The van der Waals surface area contributed by atoms with Crippen LogP contribution in [0.5, 0.6) is 0 Å². The third kappa shape index (κ3) is 4.66. The highest BCUT2D eigenvalue weighted by atomic mass is 32.1. The number of ether oxygens (including phenoxy) is 1. The maximum atomic E-state index is 13.8. The molecular weight excluding hydrogens is 410 g/mol. The number of rotatable bonds is 6. The van der Waals surface area contributed by atoms with Crippen molar-refractivity contribution in [3.63, 3.8) is 0 Å². The molecule has 2 aromatic heterocycles. The molecule has 1 aliphatic rings. The molecule has 1 saturated heterocycles. The number of amides is 1. The molecule has 7 nitrogen and oxygen atoms in total. The summed E-state index contributed by atoms with van der Waals surface area (Å²) >= 11 is 1.58. The van der Waals surface area contributed by atoms with Gasteiger partial charge in [-0.25, -0.2) is 4.98 Å². The molecule has 166 valence electrons. The van der Waals surface area contributed by atoms with E-state index >= 15 is 0 Å². The van der Waals surface area contributed by atoms with Gasteiger partial charge >= 0.3 is 0 Å². The van der Waals surface area contributed by atoms with E-state index in [2.05, 4.69) is 36.0 Å². The highest BCUT2D eigenvalue weighted by molar-refractivity contribution is 7.22. The van der Waals surface area contributed by atoms with Crippen molar-refractivity contribution < 1.29 is 9.53 Å². The normalized spacial score (nSPS) is 15.2. The smallest absolute Gasteiger partial charge is 0.278 e. The number of aromatic nitrogens is 3. The van der Waals surface area contributed by atoms with E-state index in [1.165, 1.54) is 11.1 Å². The topological polar surface area (TPSA) is 63.5 Å². The zero-order valence-corrected chi connectivity index (χ0v) is 19.8. The van der Waals surface area contributed by atoms with Crippen LogP contribution in [0, 0.1) is 20.8 Å². The van der Waals surface area contributed by atoms with Crippen molar-refractivity contribution >= 4 is 32.6 Å². The van der Waals surface area contributed by atoms with E-state index in [0.29, 0.717) is 12.2 Å². The fourth-order valence-electron chi connectivity index (χ4n) is 3.84. The Morgan fingerprint density at radius 3 is 2.58 bits per heavy atom. The van der Waals surface area contributed by atoms with Crippen LogP contribution in [-0.2, 0) is 4.74 Å². The lowest BCUT2D eigenvalue weighted by Crippen LogP contribution is -2.43. The van der Waals surface area contributed by atoms with Crippen molar-refractivity contribution in [2.75, 3.05) is 44.3 Å². The lowest BCUT2D eigenvalue weighted by molar-refractivity contribution is 0.0391. The second kappa shape index (κ2) is 9.06. The van der Waals surface area contributed by atoms with Gasteiger partial charge in [-0.2, -0.15) is 5.10 Å². The molecule has 0 unspecified atom stereocenters. The Balaban J connectivity index is 1.69. The van der Waals surface area contributed by atoms with E-state index in [1.807, 2.05) is 36.4 Å². The Kier molecular flexibility index (Phi) is 6.41. The van der Waals surface area contributed by atoms with E-state index in [1.54, 1.807) is 11.3 Å². The summed E-state index contributed by atoms with van der Waals surface area (Å²) in [7, 11) is 0. The molecule has 3 aromatic rings. The quantitative estimate of drug-likeness (QED) is 0.579. The van der Waals surface area contributed by atoms with Gasteiger partial charge in [0.1, 0.15) is 5.69 Å². The van der Waals surface area contributed by atoms with Gasteiger partial charge in [0.05, 0.1) is 29.1 Å². The summed E-state index contributed by atoms with van der Waals surface area (Å²) in [5.41, 5.74) is 4.86. The van der Waals surface area contributed by atoms with Gasteiger partial charge in [-0.3, -0.25) is 19.3 Å². The summed E-state index contributed by atoms with van der Waals surface area (Å²) in [5, 5.41) is 5.29. The average Bonchev–Trinajstić information content (AvgIpc) is 3.32. The maximum Gasteiger partial charge on any atom is 0.278 e. The Labute approximate surface area is 187 Å². The standard InChI is InChI=1S/C23H31N5O2S/c1-15(2)28-20(14-18(5)25-28)22(29)27(7-6-26-8-10-30-11-9-26)23-24-19-12-16(3)17(4)13-21(19)31-23/h12-15H,6-11H2,1-5H3. The summed E-state index contributed by atoms with van der Waals surface area (Å²) < 4.78 is 8.40. The number of carbonyl (C=O) groups excluding carboxylic acids is 1. The number of nitrogens with zero attached hydrogens (tertiary/aromatic N) is 5. The van der Waals surface area contributed by atoms with Crippen molar-refractivity contribution in [2.45, 2.75) is 40.7 Å². The number of carbonyl (C=O) groups is 1. The number of benzene rings is 1. The number of fused-ring (bicyclic) bond motifs is 1. The maximum absolute atomic E-state index is 13.8. The minimum absolute atomic E-state index is 0.0462. The molecule has 1 fully saturated rings. The third-order valence-corrected chi connectivity index (χ3v) is 6.82. The molecule has 0 spiro atoms. The molecule has 0 radical (unpaired) electrons. The first-order chi connectivity index (χ1) is 14.8. The monoisotopic (exact) mass is 441 g/mol. The lowest BCUT2D eigenvalue weighted by Gasteiger charge is -2.29. The lowest BCUT2D eigenvalue weighted by atomic mass is 10.1. The van der Waals surface area contributed by atoms with Crippen molar-refractivity contribution in [3.8, 4) is 0 Å². The van der Waals surface area contributed by atoms with Gasteiger partial charge in [-0.15, -0.1) is 0 Å². The summed E-state index contributed by atoms with van der Waals surface area (Å²) in [4.78, 5) is 22.8. The fraction of sp³-hybridized carbons (Fsp3) is 0.522. The van der Waals surface area contributed by atoms with Crippen LogP contribution < -0.4 is 4.90 Å². The number of morpholine rings is 1. The van der Waals surface area contributed by atoms with Crippen LogP contribution >= 0.6 is 11.3 Å². The molecule has 8 heteroatoms. The Morgan fingerprint density at radius 1 is 1.16 bits per heavy atom. The molecule has 1 aromatic carbocycles. The Bertz CT molecular complexity index is 1040. The molecule has 0 aliphatic carbocycles. The van der Waals surface area contributed by atoms with Crippen LogP contribution in [0.1, 0.15) is 47.2 Å². The van der Waals surface area contributed by atoms with Gasteiger partial charge < -0.3 is 4.74 Å². The SMILES string of the molecule is Cc1cc(C(=O)N(CCN2CCOCC2)c2nc3cc(C)c(C)cc3s2)n(C(C)C)n1. The van der Waals surface area contributed by atoms with E-state index < -0.39 is 0 Å². The van der Waals surface area contributed by atoms with E-state index in [-0.39, 0.29) is 11.9 Å². The first-order valence-electron chi connectivity index (χ1n) is 10.9. The number of hydrogen-bond donors (Lipinski definition) is 0. The minimum Gasteiger partial charge on any atom is -0.379 e. The molecule has 0 saturated carbocycles. The van der Waals surface area contributed by atoms with Crippen LogP contribution in [0.25, 0.3) is 10.2 Å². The van der Waals surface area contributed by atoms with E-state index in [0.717, 1.165) is 53.9 Å². The highest BCUT2D eigenvalue weighted by Gasteiger charge is 2.26. The second-order valence-corrected chi connectivity index (χ2v) is 9.53.